The number of para-hydroxylation sites is 1. The molecular formula is C26H21BrFN3O4. The third kappa shape index (κ3) is 6.33. The minimum absolute atomic E-state index is 0.169. The van der Waals surface area contributed by atoms with E-state index in [2.05, 4.69) is 31.4 Å². The third-order valence-electron chi connectivity index (χ3n) is 4.88. The molecule has 0 bridgehead atoms. The first kappa shape index (κ1) is 24.2. The summed E-state index contributed by atoms with van der Waals surface area (Å²) in [5.74, 6) is 0.690. The molecule has 4 rings (SSSR count). The van der Waals surface area contributed by atoms with Crippen LogP contribution in [-0.2, 0) is 11.4 Å². The lowest BCUT2D eigenvalue weighted by atomic mass is 10.2. The normalized spacial score (nSPS) is 10.9. The largest absolute Gasteiger partial charge is 0.493 e. The molecule has 0 atom stereocenters. The molecule has 0 aliphatic rings. The number of hydrazone groups is 1. The number of hydrogen-bond donors (Lipinski definition) is 1. The van der Waals surface area contributed by atoms with Gasteiger partial charge in [0.15, 0.2) is 18.1 Å². The zero-order valence-electron chi connectivity index (χ0n) is 18.7. The number of rotatable bonds is 9. The predicted molar refractivity (Wildman–Crippen MR) is 134 cm³/mol. The summed E-state index contributed by atoms with van der Waals surface area (Å²) in [5.41, 5.74) is 4.47. The number of ether oxygens (including phenoxy) is 3. The van der Waals surface area contributed by atoms with Crippen LogP contribution in [0, 0.1) is 5.82 Å². The van der Waals surface area contributed by atoms with Gasteiger partial charge in [-0.15, -0.1) is 0 Å². The van der Waals surface area contributed by atoms with Gasteiger partial charge in [0.2, 0.25) is 0 Å². The summed E-state index contributed by atoms with van der Waals surface area (Å²) in [6, 6.07) is 18.9. The SMILES string of the molecule is COc1cc(/C=N/NC(=O)COc2cccc3cccnc23)cc(Br)c1OCc1cccc(F)c1. The molecule has 0 fully saturated rings. The molecule has 4 aromatic rings. The van der Waals surface area contributed by atoms with E-state index in [-0.39, 0.29) is 19.0 Å². The molecule has 0 radical (unpaired) electrons. The van der Waals surface area contributed by atoms with Crippen LogP contribution in [0.4, 0.5) is 4.39 Å². The van der Waals surface area contributed by atoms with Crippen molar-refractivity contribution >= 4 is 39.0 Å². The van der Waals surface area contributed by atoms with Crippen molar-refractivity contribution in [2.24, 2.45) is 5.10 Å². The number of fused-ring (bicyclic) bond motifs is 1. The van der Waals surface area contributed by atoms with Crippen molar-refractivity contribution in [3.05, 3.63) is 94.3 Å². The minimum Gasteiger partial charge on any atom is -0.493 e. The molecule has 0 spiro atoms. The van der Waals surface area contributed by atoms with Crippen molar-refractivity contribution in [3.8, 4) is 17.2 Å². The van der Waals surface area contributed by atoms with Gasteiger partial charge >= 0.3 is 0 Å². The van der Waals surface area contributed by atoms with E-state index >= 15 is 0 Å². The zero-order chi connectivity index (χ0) is 24.6. The minimum atomic E-state index is -0.421. The van der Waals surface area contributed by atoms with Crippen LogP contribution in [0.3, 0.4) is 0 Å². The Balaban J connectivity index is 1.35. The number of aromatic nitrogens is 1. The van der Waals surface area contributed by atoms with Crippen molar-refractivity contribution in [2.45, 2.75) is 6.61 Å². The first-order valence-corrected chi connectivity index (χ1v) is 11.4. The maximum atomic E-state index is 13.4. The van der Waals surface area contributed by atoms with Crippen LogP contribution in [0.2, 0.25) is 0 Å². The smallest absolute Gasteiger partial charge is 0.277 e. The van der Waals surface area contributed by atoms with E-state index in [1.54, 1.807) is 36.5 Å². The number of benzene rings is 3. The summed E-state index contributed by atoms with van der Waals surface area (Å²) in [5, 5.41) is 4.91. The maximum Gasteiger partial charge on any atom is 0.277 e. The number of nitrogens with zero attached hydrogens (tertiary/aromatic N) is 2. The molecule has 1 N–H and O–H groups in total. The van der Waals surface area contributed by atoms with E-state index in [9.17, 15) is 9.18 Å². The van der Waals surface area contributed by atoms with Crippen LogP contribution in [-0.4, -0.2) is 30.8 Å². The Hall–Kier alpha value is -3.98. The van der Waals surface area contributed by atoms with Crippen LogP contribution in [0.5, 0.6) is 17.2 Å². The van der Waals surface area contributed by atoms with Gasteiger partial charge < -0.3 is 14.2 Å². The number of nitrogens with one attached hydrogen (secondary N) is 1. The van der Waals surface area contributed by atoms with Gasteiger partial charge in [0.25, 0.3) is 5.91 Å². The molecule has 1 aromatic heterocycles. The number of pyridine rings is 1. The molecule has 0 aliphatic heterocycles. The summed E-state index contributed by atoms with van der Waals surface area (Å²) in [6.45, 7) is -0.0463. The highest BCUT2D eigenvalue weighted by atomic mass is 79.9. The third-order valence-corrected chi connectivity index (χ3v) is 5.47. The topological polar surface area (TPSA) is 82.0 Å². The highest BCUT2D eigenvalue weighted by Crippen LogP contribution is 2.37. The fourth-order valence-electron chi connectivity index (χ4n) is 3.28. The van der Waals surface area contributed by atoms with Crippen LogP contribution in [0.1, 0.15) is 11.1 Å². The van der Waals surface area contributed by atoms with Crippen LogP contribution in [0.25, 0.3) is 10.9 Å². The maximum absolute atomic E-state index is 13.4. The average Bonchev–Trinajstić information content (AvgIpc) is 2.86. The molecule has 0 aliphatic carbocycles. The standard InChI is InChI=1S/C26H21BrFN3O4/c1-33-23-13-18(12-21(27)26(23)35-15-17-5-2-8-20(28)11-17)14-30-31-24(32)16-34-22-9-3-6-19-7-4-10-29-25(19)22/h2-14H,15-16H2,1H3,(H,31,32)/b30-14+. The fourth-order valence-corrected chi connectivity index (χ4v) is 3.86. The lowest BCUT2D eigenvalue weighted by Gasteiger charge is -2.13. The Labute approximate surface area is 209 Å². The first-order chi connectivity index (χ1) is 17.0. The van der Waals surface area contributed by atoms with Crippen molar-refractivity contribution in [1.82, 2.24) is 10.4 Å². The Morgan fingerprint density at radius 2 is 1.91 bits per heavy atom. The van der Waals surface area contributed by atoms with Gasteiger partial charge in [-0.1, -0.05) is 30.3 Å². The second-order valence-electron chi connectivity index (χ2n) is 7.37. The number of amides is 1. The molecule has 1 amide bonds. The van der Waals surface area contributed by atoms with Gasteiger partial charge in [-0.25, -0.2) is 9.82 Å². The Kier molecular flexibility index (Phi) is 7.89. The van der Waals surface area contributed by atoms with Crippen molar-refractivity contribution < 1.29 is 23.4 Å². The quantitative estimate of drug-likeness (QED) is 0.233. The van der Waals surface area contributed by atoms with Crippen molar-refractivity contribution in [2.75, 3.05) is 13.7 Å². The number of carbonyl (C=O) groups excluding carboxylic acids is 1. The van der Waals surface area contributed by atoms with Crippen LogP contribution < -0.4 is 19.6 Å². The zero-order valence-corrected chi connectivity index (χ0v) is 20.3. The van der Waals surface area contributed by atoms with E-state index in [0.29, 0.717) is 38.4 Å². The summed E-state index contributed by atoms with van der Waals surface area (Å²) < 4.78 is 30.9. The van der Waals surface area contributed by atoms with Gasteiger partial charge in [-0.05, 0) is 63.5 Å². The summed E-state index contributed by atoms with van der Waals surface area (Å²) in [4.78, 5) is 16.5. The molecule has 178 valence electrons. The van der Waals surface area contributed by atoms with Crippen molar-refractivity contribution in [3.63, 3.8) is 0 Å². The summed E-state index contributed by atoms with van der Waals surface area (Å²) in [6.07, 6.45) is 3.14. The molecule has 1 heterocycles. The second-order valence-corrected chi connectivity index (χ2v) is 8.22. The van der Waals surface area contributed by atoms with Crippen LogP contribution in [0.15, 0.2) is 82.5 Å². The van der Waals surface area contributed by atoms with Gasteiger partial charge in [0.1, 0.15) is 23.7 Å². The van der Waals surface area contributed by atoms with E-state index < -0.39 is 5.91 Å². The van der Waals surface area contributed by atoms with Gasteiger partial charge in [0.05, 0.1) is 17.8 Å². The summed E-state index contributed by atoms with van der Waals surface area (Å²) in [7, 11) is 1.51. The molecule has 35 heavy (non-hydrogen) atoms. The van der Waals surface area contributed by atoms with Gasteiger partial charge in [0, 0.05) is 11.6 Å². The lowest BCUT2D eigenvalue weighted by molar-refractivity contribution is -0.123. The predicted octanol–water partition coefficient (Wildman–Crippen LogP) is 5.25. The number of halogens is 2. The van der Waals surface area contributed by atoms with E-state index in [0.717, 1.165) is 5.39 Å². The summed E-state index contributed by atoms with van der Waals surface area (Å²) >= 11 is 3.46. The molecule has 0 saturated carbocycles. The molecular weight excluding hydrogens is 517 g/mol. The molecule has 3 aromatic carbocycles. The Bertz CT molecular complexity index is 1370. The fraction of sp³-hybridized carbons (Fsp3) is 0.115. The number of carbonyl (C=O) groups is 1. The highest BCUT2D eigenvalue weighted by Gasteiger charge is 2.12. The van der Waals surface area contributed by atoms with Gasteiger partial charge in [-0.2, -0.15) is 5.10 Å². The van der Waals surface area contributed by atoms with E-state index in [1.165, 1.54) is 25.5 Å². The molecule has 7 nitrogen and oxygen atoms in total. The monoisotopic (exact) mass is 537 g/mol. The van der Waals surface area contributed by atoms with Crippen molar-refractivity contribution in [1.29, 1.82) is 0 Å². The molecule has 0 unspecified atom stereocenters. The molecule has 9 heteroatoms. The number of methoxy groups -OCH3 is 1. The lowest BCUT2D eigenvalue weighted by Crippen LogP contribution is -2.24. The highest BCUT2D eigenvalue weighted by molar-refractivity contribution is 9.10. The van der Waals surface area contributed by atoms with Crippen LogP contribution >= 0.6 is 15.9 Å². The number of hydrogen-bond acceptors (Lipinski definition) is 6. The Morgan fingerprint density at radius 3 is 2.74 bits per heavy atom. The van der Waals surface area contributed by atoms with Gasteiger partial charge in [-0.3, -0.25) is 9.78 Å². The Morgan fingerprint density at radius 1 is 1.09 bits per heavy atom. The first-order valence-electron chi connectivity index (χ1n) is 10.6. The average molecular weight is 538 g/mol. The molecule has 0 saturated heterocycles. The van der Waals surface area contributed by atoms with E-state index in [1.807, 2.05) is 24.3 Å². The second kappa shape index (κ2) is 11.4. The van der Waals surface area contributed by atoms with E-state index in [4.69, 9.17) is 14.2 Å².